The molecule has 35 heavy (non-hydrogen) atoms. The highest BCUT2D eigenvalue weighted by Crippen LogP contribution is 2.59. The molecule has 0 radical (unpaired) electrons. The molecule has 10 heteroatoms. The number of benzene rings is 1. The van der Waals surface area contributed by atoms with Gasteiger partial charge in [-0.1, -0.05) is 18.2 Å². The summed E-state index contributed by atoms with van der Waals surface area (Å²) in [4.78, 5) is 49.2. The Morgan fingerprint density at radius 2 is 1.86 bits per heavy atom. The Balaban J connectivity index is 1.34. The first-order chi connectivity index (χ1) is 16.8. The zero-order valence-electron chi connectivity index (χ0n) is 18.9. The summed E-state index contributed by atoms with van der Waals surface area (Å²) in [5.74, 6) is -1.69. The number of carbonyl (C=O) groups excluding carboxylic acids is 2. The van der Waals surface area contributed by atoms with E-state index in [0.29, 0.717) is 47.7 Å². The topological polar surface area (TPSA) is 139 Å². The van der Waals surface area contributed by atoms with Crippen molar-refractivity contribution in [3.8, 4) is 0 Å². The summed E-state index contributed by atoms with van der Waals surface area (Å²) in [5, 5.41) is 26.6. The Morgan fingerprint density at radius 3 is 2.57 bits per heavy atom. The first-order valence-electron chi connectivity index (χ1n) is 11.8. The van der Waals surface area contributed by atoms with Crippen molar-refractivity contribution >= 4 is 45.4 Å². The van der Waals surface area contributed by atoms with Gasteiger partial charge in [0.05, 0.1) is 16.4 Å². The van der Waals surface area contributed by atoms with E-state index in [1.807, 2.05) is 0 Å². The number of nitro groups is 1. The van der Waals surface area contributed by atoms with Crippen LogP contribution < -0.4 is 10.6 Å². The smallest absolute Gasteiger partial charge is 0.306 e. The molecule has 2 aromatic rings. The standard InChI is InChI=1S/C25H25N3O6S/c29-22(14-7-9-15(10-8-14)25(31)32)27-24-20(19-17-5-2-6-18(17)21(19)35-24)23(30)26-12-13-3-1-4-16(11-13)28(33)34/h1,3-5,11,14-15,18H,2,6-10,12H2,(H,26,30)(H,27,29)(H,31,32). The van der Waals surface area contributed by atoms with Gasteiger partial charge in [0.15, 0.2) is 0 Å². The number of carboxylic acids is 1. The van der Waals surface area contributed by atoms with Gasteiger partial charge < -0.3 is 15.7 Å². The third-order valence-corrected chi connectivity index (χ3v) is 8.44. The average molecular weight is 496 g/mol. The van der Waals surface area contributed by atoms with Gasteiger partial charge in [0.2, 0.25) is 5.91 Å². The van der Waals surface area contributed by atoms with E-state index in [0.717, 1.165) is 28.9 Å². The van der Waals surface area contributed by atoms with Gasteiger partial charge >= 0.3 is 5.97 Å². The van der Waals surface area contributed by atoms with Crippen molar-refractivity contribution in [1.82, 2.24) is 5.32 Å². The number of anilines is 1. The van der Waals surface area contributed by atoms with Crippen molar-refractivity contribution in [2.75, 3.05) is 5.32 Å². The van der Waals surface area contributed by atoms with E-state index in [9.17, 15) is 29.6 Å². The molecule has 2 amide bonds. The molecule has 1 atom stereocenters. The lowest BCUT2D eigenvalue weighted by Crippen LogP contribution is -2.30. The number of rotatable bonds is 7. The number of nitrogens with zero attached hydrogens (tertiary/aromatic N) is 1. The Morgan fingerprint density at radius 1 is 1.11 bits per heavy atom. The number of carboxylic acid groups (broad SMARTS) is 1. The van der Waals surface area contributed by atoms with Gasteiger partial charge in [-0.3, -0.25) is 24.5 Å². The molecule has 1 aromatic carbocycles. The highest BCUT2D eigenvalue weighted by Gasteiger charge is 2.42. The minimum Gasteiger partial charge on any atom is -0.481 e. The first-order valence-corrected chi connectivity index (χ1v) is 12.6. The summed E-state index contributed by atoms with van der Waals surface area (Å²) < 4.78 is 0. The van der Waals surface area contributed by atoms with Crippen LogP contribution in [-0.4, -0.2) is 27.8 Å². The third kappa shape index (κ3) is 4.34. The molecule has 1 unspecified atom stereocenters. The number of allylic oxidation sites excluding steroid dienone is 2. The predicted molar refractivity (Wildman–Crippen MR) is 130 cm³/mol. The van der Waals surface area contributed by atoms with E-state index in [1.165, 1.54) is 23.5 Å². The molecule has 1 saturated carbocycles. The lowest BCUT2D eigenvalue weighted by molar-refractivity contribution is -0.384. The maximum Gasteiger partial charge on any atom is 0.306 e. The van der Waals surface area contributed by atoms with Crippen LogP contribution in [0.5, 0.6) is 0 Å². The number of amides is 2. The number of thiophene rings is 1. The number of hydrogen-bond donors (Lipinski definition) is 3. The van der Waals surface area contributed by atoms with Crippen LogP contribution in [0, 0.1) is 22.0 Å². The second kappa shape index (κ2) is 9.26. The molecule has 0 saturated heterocycles. The van der Waals surface area contributed by atoms with Gasteiger partial charge in [-0.25, -0.2) is 0 Å². The number of aliphatic carboxylic acids is 1. The normalized spacial score (nSPS) is 22.3. The van der Waals surface area contributed by atoms with Gasteiger partial charge in [0.1, 0.15) is 5.00 Å². The quantitative estimate of drug-likeness (QED) is 0.376. The molecule has 1 aromatic heterocycles. The number of nitro benzene ring substituents is 1. The Hall–Kier alpha value is -3.53. The molecule has 9 nitrogen and oxygen atoms in total. The molecule has 0 spiro atoms. The Bertz CT molecular complexity index is 1260. The third-order valence-electron chi connectivity index (χ3n) is 7.22. The van der Waals surface area contributed by atoms with E-state index in [2.05, 4.69) is 16.7 Å². The highest BCUT2D eigenvalue weighted by atomic mass is 32.1. The van der Waals surface area contributed by atoms with E-state index in [-0.39, 0.29) is 30.0 Å². The molecule has 0 bridgehead atoms. The van der Waals surface area contributed by atoms with Crippen molar-refractivity contribution in [3.05, 3.63) is 62.0 Å². The van der Waals surface area contributed by atoms with Crippen LogP contribution in [-0.2, 0) is 16.1 Å². The van der Waals surface area contributed by atoms with Gasteiger partial charge in [0, 0.05) is 41.0 Å². The maximum atomic E-state index is 13.3. The van der Waals surface area contributed by atoms with Gasteiger partial charge in [-0.15, -0.1) is 11.3 Å². The zero-order chi connectivity index (χ0) is 24.7. The largest absolute Gasteiger partial charge is 0.481 e. The fraction of sp³-hybridized carbons (Fsp3) is 0.400. The van der Waals surface area contributed by atoms with Crippen molar-refractivity contribution in [3.63, 3.8) is 0 Å². The summed E-state index contributed by atoms with van der Waals surface area (Å²) in [6.45, 7) is 0.125. The summed E-state index contributed by atoms with van der Waals surface area (Å²) >= 11 is 1.44. The maximum absolute atomic E-state index is 13.3. The minimum absolute atomic E-state index is 0.0408. The van der Waals surface area contributed by atoms with E-state index in [1.54, 1.807) is 12.1 Å². The highest BCUT2D eigenvalue weighted by molar-refractivity contribution is 7.17. The summed E-state index contributed by atoms with van der Waals surface area (Å²) in [5.41, 5.74) is 3.08. The minimum atomic E-state index is -0.815. The molecular weight excluding hydrogens is 470 g/mol. The molecule has 0 aliphatic heterocycles. The van der Waals surface area contributed by atoms with E-state index in [4.69, 9.17) is 0 Å². The number of non-ortho nitro benzene ring substituents is 1. The number of hydrogen-bond acceptors (Lipinski definition) is 6. The fourth-order valence-corrected chi connectivity index (χ4v) is 6.70. The Labute approximate surface area is 205 Å². The zero-order valence-corrected chi connectivity index (χ0v) is 19.7. The average Bonchev–Trinajstić information content (AvgIpc) is 3.40. The monoisotopic (exact) mass is 495 g/mol. The molecular formula is C25H25N3O6S. The van der Waals surface area contributed by atoms with Crippen LogP contribution in [0.1, 0.15) is 70.8 Å². The molecule has 1 heterocycles. The lowest BCUT2D eigenvalue weighted by atomic mass is 9.78. The summed E-state index contributed by atoms with van der Waals surface area (Å²) in [6.07, 6.45) is 6.08. The lowest BCUT2D eigenvalue weighted by Gasteiger charge is -2.26. The van der Waals surface area contributed by atoms with Gasteiger partial charge in [-0.05, 0) is 49.7 Å². The number of fused-ring (bicyclic) bond motifs is 4. The second-order valence-electron chi connectivity index (χ2n) is 9.32. The molecule has 3 N–H and O–H groups in total. The van der Waals surface area contributed by atoms with Crippen molar-refractivity contribution in [2.45, 2.75) is 51.0 Å². The SMILES string of the molecule is O=C(NCc1cccc([N+](=O)[O-])c1)c1c(NC(=O)C2CCC(C(=O)O)CC2)sc2c1C1=CCCC12. The Kier molecular flexibility index (Phi) is 6.14. The first kappa shape index (κ1) is 23.2. The second-order valence-corrected chi connectivity index (χ2v) is 10.4. The van der Waals surface area contributed by atoms with E-state index >= 15 is 0 Å². The van der Waals surface area contributed by atoms with Crippen molar-refractivity contribution in [1.29, 1.82) is 0 Å². The number of carbonyl (C=O) groups is 3. The van der Waals surface area contributed by atoms with Crippen molar-refractivity contribution in [2.24, 2.45) is 11.8 Å². The number of nitrogens with one attached hydrogen (secondary N) is 2. The molecule has 182 valence electrons. The molecule has 3 aliphatic rings. The van der Waals surface area contributed by atoms with Crippen LogP contribution in [0.15, 0.2) is 30.3 Å². The fourth-order valence-electron chi connectivity index (χ4n) is 5.33. The summed E-state index contributed by atoms with van der Waals surface area (Å²) in [6, 6.07) is 6.12. The molecule has 5 rings (SSSR count). The van der Waals surface area contributed by atoms with Crippen LogP contribution in [0.3, 0.4) is 0 Å². The van der Waals surface area contributed by atoms with Gasteiger partial charge in [-0.2, -0.15) is 0 Å². The van der Waals surface area contributed by atoms with Crippen LogP contribution in [0.25, 0.3) is 5.57 Å². The predicted octanol–water partition coefficient (Wildman–Crippen LogP) is 4.69. The van der Waals surface area contributed by atoms with Crippen LogP contribution in [0.2, 0.25) is 0 Å². The van der Waals surface area contributed by atoms with E-state index < -0.39 is 16.8 Å². The van der Waals surface area contributed by atoms with Gasteiger partial charge in [0.25, 0.3) is 11.6 Å². The van der Waals surface area contributed by atoms with Crippen LogP contribution >= 0.6 is 11.3 Å². The summed E-state index contributed by atoms with van der Waals surface area (Å²) in [7, 11) is 0. The molecule has 1 fully saturated rings. The van der Waals surface area contributed by atoms with Crippen LogP contribution in [0.4, 0.5) is 10.7 Å². The van der Waals surface area contributed by atoms with Crippen molar-refractivity contribution < 1.29 is 24.4 Å². The molecule has 3 aliphatic carbocycles.